The number of halogens is 1. The molecule has 1 fully saturated rings. The van der Waals surface area contributed by atoms with Crippen LogP contribution in [0.15, 0.2) is 30.5 Å². The zero-order valence-electron chi connectivity index (χ0n) is 18.2. The van der Waals surface area contributed by atoms with Crippen LogP contribution in [0.25, 0.3) is 0 Å². The van der Waals surface area contributed by atoms with Gasteiger partial charge in [0.2, 0.25) is 5.91 Å². The Morgan fingerprint density at radius 1 is 1.35 bits per heavy atom. The summed E-state index contributed by atoms with van der Waals surface area (Å²) in [6.45, 7) is 7.29. The van der Waals surface area contributed by atoms with E-state index in [1.165, 1.54) is 0 Å². The Morgan fingerprint density at radius 3 is 2.77 bits per heavy atom. The van der Waals surface area contributed by atoms with Crippen molar-refractivity contribution in [2.75, 3.05) is 29.9 Å². The lowest BCUT2D eigenvalue weighted by Gasteiger charge is -2.32. The molecule has 1 saturated heterocycles. The van der Waals surface area contributed by atoms with Gasteiger partial charge in [-0.2, -0.15) is 0 Å². The van der Waals surface area contributed by atoms with Gasteiger partial charge in [-0.3, -0.25) is 9.59 Å². The minimum atomic E-state index is -0.274. The molecule has 3 N–H and O–H groups in total. The summed E-state index contributed by atoms with van der Waals surface area (Å²) in [5.74, 6) is 0.943. The van der Waals surface area contributed by atoms with Gasteiger partial charge in [0.05, 0.1) is 17.8 Å². The smallest absolute Gasteiger partial charge is 0.262 e. The van der Waals surface area contributed by atoms with Crippen molar-refractivity contribution in [3.05, 3.63) is 46.6 Å². The number of rotatable bonds is 7. The summed E-state index contributed by atoms with van der Waals surface area (Å²) in [6, 6.07) is 7.37. The molecule has 0 saturated carbocycles. The lowest BCUT2D eigenvalue weighted by Crippen LogP contribution is -2.41. The van der Waals surface area contributed by atoms with Gasteiger partial charge in [0.15, 0.2) is 6.61 Å². The van der Waals surface area contributed by atoms with Crippen molar-refractivity contribution in [1.29, 1.82) is 0 Å². The number of nitrogens with two attached hydrogens (primary N) is 1. The number of amides is 2. The van der Waals surface area contributed by atoms with Gasteiger partial charge in [0.1, 0.15) is 11.6 Å². The van der Waals surface area contributed by atoms with Gasteiger partial charge in [0, 0.05) is 18.1 Å². The maximum Gasteiger partial charge on any atom is 0.262 e. The monoisotopic (exact) mass is 444 g/mol. The highest BCUT2D eigenvalue weighted by molar-refractivity contribution is 6.31. The molecule has 1 aromatic heterocycles. The average Bonchev–Trinajstić information content (AvgIpc) is 2.74. The first kappa shape index (κ1) is 22.9. The summed E-state index contributed by atoms with van der Waals surface area (Å²) in [7, 11) is 0. The predicted octanol–water partition coefficient (Wildman–Crippen LogP) is 3.89. The maximum atomic E-state index is 12.4. The number of hydrogen-bond acceptors (Lipinski definition) is 5. The van der Waals surface area contributed by atoms with Gasteiger partial charge in [0.25, 0.3) is 5.91 Å². The number of aromatic nitrogens is 1. The number of hydrogen-bond donors (Lipinski definition) is 2. The minimum absolute atomic E-state index is 0.116. The van der Waals surface area contributed by atoms with E-state index >= 15 is 0 Å². The number of anilines is 2. The topological polar surface area (TPSA) is 97.5 Å². The van der Waals surface area contributed by atoms with Crippen LogP contribution in [0.3, 0.4) is 0 Å². The number of pyridine rings is 1. The third-order valence-corrected chi connectivity index (χ3v) is 5.86. The number of benzene rings is 1. The van der Waals surface area contributed by atoms with Crippen molar-refractivity contribution in [1.82, 2.24) is 4.98 Å². The van der Waals surface area contributed by atoms with Crippen LogP contribution in [-0.2, 0) is 9.59 Å². The van der Waals surface area contributed by atoms with Crippen LogP contribution in [0.4, 0.5) is 11.5 Å². The molecule has 31 heavy (non-hydrogen) atoms. The molecule has 1 atom stereocenters. The molecule has 2 heterocycles. The second-order valence-electron chi connectivity index (χ2n) is 8.22. The molecule has 0 aliphatic carbocycles. The normalized spacial score (nSPS) is 16.3. The molecule has 7 nitrogen and oxygen atoms in total. The Hall–Kier alpha value is -2.80. The number of nitrogens with one attached hydrogen (secondary N) is 1. The van der Waals surface area contributed by atoms with E-state index < -0.39 is 0 Å². The first-order valence-corrected chi connectivity index (χ1v) is 10.9. The standard InChI is InChI=1S/C23H29ClN4O3/c1-14(2)18-10-19(24)15(3)9-20(18)31-13-22(29)27-17-6-7-21(26-11-17)28-8-4-5-16(12-28)23(25)30/h6-7,9-11,14,16H,4-5,8,12-13H2,1-3H3,(H2,25,30)(H,27,29). The highest BCUT2D eigenvalue weighted by Gasteiger charge is 2.24. The molecular formula is C23H29ClN4O3. The number of primary amides is 1. The van der Waals surface area contributed by atoms with E-state index in [1.54, 1.807) is 12.3 Å². The molecule has 0 radical (unpaired) electrons. The molecule has 1 aromatic carbocycles. The van der Waals surface area contributed by atoms with Gasteiger partial charge in [-0.15, -0.1) is 0 Å². The van der Waals surface area contributed by atoms with Crippen LogP contribution in [0.2, 0.25) is 5.02 Å². The van der Waals surface area contributed by atoms with Gasteiger partial charge in [-0.05, 0) is 61.1 Å². The third kappa shape index (κ3) is 5.88. The van der Waals surface area contributed by atoms with Crippen molar-refractivity contribution in [2.24, 2.45) is 11.7 Å². The van der Waals surface area contributed by atoms with E-state index in [1.807, 2.05) is 30.0 Å². The first-order valence-electron chi connectivity index (χ1n) is 10.5. The van der Waals surface area contributed by atoms with Gasteiger partial charge in [-0.25, -0.2) is 4.98 Å². The van der Waals surface area contributed by atoms with Gasteiger partial charge >= 0.3 is 0 Å². The number of piperidine rings is 1. The predicted molar refractivity (Wildman–Crippen MR) is 123 cm³/mol. The van der Waals surface area contributed by atoms with E-state index in [-0.39, 0.29) is 30.3 Å². The van der Waals surface area contributed by atoms with Crippen LogP contribution >= 0.6 is 11.6 Å². The lowest BCUT2D eigenvalue weighted by atomic mass is 9.97. The molecule has 3 rings (SSSR count). The molecule has 1 aliphatic heterocycles. The fourth-order valence-corrected chi connectivity index (χ4v) is 3.82. The molecule has 0 bridgehead atoms. The zero-order chi connectivity index (χ0) is 22.5. The second kappa shape index (κ2) is 10.0. The number of aryl methyl sites for hydroxylation is 1. The SMILES string of the molecule is Cc1cc(OCC(=O)Nc2ccc(N3CCCC(C(N)=O)C3)nc2)c(C(C)C)cc1Cl. The molecule has 1 aliphatic rings. The summed E-state index contributed by atoms with van der Waals surface area (Å²) in [4.78, 5) is 30.3. The van der Waals surface area contributed by atoms with E-state index in [9.17, 15) is 9.59 Å². The molecule has 2 aromatic rings. The molecular weight excluding hydrogens is 416 g/mol. The van der Waals surface area contributed by atoms with Crippen LogP contribution in [0, 0.1) is 12.8 Å². The molecule has 166 valence electrons. The fourth-order valence-electron chi connectivity index (χ4n) is 3.65. The number of nitrogens with zero attached hydrogens (tertiary/aromatic N) is 2. The summed E-state index contributed by atoms with van der Waals surface area (Å²) in [5, 5.41) is 3.48. The van der Waals surface area contributed by atoms with Crippen LogP contribution in [0.5, 0.6) is 5.75 Å². The zero-order valence-corrected chi connectivity index (χ0v) is 18.9. The number of carbonyl (C=O) groups excluding carboxylic acids is 2. The fraction of sp³-hybridized carbons (Fsp3) is 0.435. The Labute approximate surface area is 187 Å². The largest absolute Gasteiger partial charge is 0.483 e. The van der Waals surface area contributed by atoms with Crippen molar-refractivity contribution < 1.29 is 14.3 Å². The van der Waals surface area contributed by atoms with Crippen molar-refractivity contribution >= 4 is 34.9 Å². The van der Waals surface area contributed by atoms with Gasteiger partial charge < -0.3 is 20.7 Å². The summed E-state index contributed by atoms with van der Waals surface area (Å²) >= 11 is 6.22. The van der Waals surface area contributed by atoms with Crippen molar-refractivity contribution in [3.63, 3.8) is 0 Å². The van der Waals surface area contributed by atoms with Crippen molar-refractivity contribution in [3.8, 4) is 5.75 Å². The second-order valence-corrected chi connectivity index (χ2v) is 8.63. The van der Waals surface area contributed by atoms with Crippen LogP contribution in [-0.4, -0.2) is 36.5 Å². The van der Waals surface area contributed by atoms with Crippen molar-refractivity contribution in [2.45, 2.75) is 39.5 Å². The average molecular weight is 445 g/mol. The minimum Gasteiger partial charge on any atom is -0.483 e. The number of carbonyl (C=O) groups is 2. The van der Waals surface area contributed by atoms with Crippen LogP contribution in [0.1, 0.15) is 43.7 Å². The van der Waals surface area contributed by atoms with Gasteiger partial charge in [-0.1, -0.05) is 25.4 Å². The highest BCUT2D eigenvalue weighted by Crippen LogP contribution is 2.32. The van der Waals surface area contributed by atoms with E-state index in [2.05, 4.69) is 24.1 Å². The highest BCUT2D eigenvalue weighted by atomic mass is 35.5. The maximum absolute atomic E-state index is 12.4. The van der Waals surface area contributed by atoms with E-state index in [0.29, 0.717) is 23.0 Å². The lowest BCUT2D eigenvalue weighted by molar-refractivity contribution is -0.122. The van der Waals surface area contributed by atoms with Crippen LogP contribution < -0.4 is 20.7 Å². The Balaban J connectivity index is 1.58. The summed E-state index contributed by atoms with van der Waals surface area (Å²) in [6.07, 6.45) is 3.31. The Bertz CT molecular complexity index is 947. The Kier molecular flexibility index (Phi) is 7.38. The number of ether oxygens (including phenoxy) is 1. The summed E-state index contributed by atoms with van der Waals surface area (Å²) in [5.41, 5.74) is 7.89. The van der Waals surface area contributed by atoms with E-state index in [0.717, 1.165) is 36.3 Å². The molecule has 0 spiro atoms. The van der Waals surface area contributed by atoms with E-state index in [4.69, 9.17) is 22.1 Å². The Morgan fingerprint density at radius 2 is 2.13 bits per heavy atom. The first-order chi connectivity index (χ1) is 14.7. The molecule has 2 amide bonds. The quantitative estimate of drug-likeness (QED) is 0.675. The molecule has 1 unspecified atom stereocenters. The third-order valence-electron chi connectivity index (χ3n) is 5.45. The summed E-state index contributed by atoms with van der Waals surface area (Å²) < 4.78 is 5.78. The molecule has 8 heteroatoms.